The maximum absolute atomic E-state index is 11.4. The van der Waals surface area contributed by atoms with Crippen molar-refractivity contribution in [3.63, 3.8) is 0 Å². The summed E-state index contributed by atoms with van der Waals surface area (Å²) in [7, 11) is 1.54. The van der Waals surface area contributed by atoms with Crippen LogP contribution in [0.25, 0.3) is 0 Å². The molecule has 0 aromatic rings. The molecule has 1 saturated heterocycles. The standard InChI is InChI=1S/C15H26O7/c1-6-7-8-19-13-12(18-5)9(2)20-15(22-11(4)17)14(13)21-10(3)16/h9,12-15H,6-8H2,1-5H3/t9-,12-,13+,14-,15?/m1/s1. The first-order valence-corrected chi connectivity index (χ1v) is 7.55. The molecule has 0 radical (unpaired) electrons. The number of esters is 2. The lowest BCUT2D eigenvalue weighted by Gasteiger charge is -2.43. The van der Waals surface area contributed by atoms with Crippen molar-refractivity contribution in [2.24, 2.45) is 0 Å². The molecule has 1 aliphatic heterocycles. The fourth-order valence-electron chi connectivity index (χ4n) is 2.43. The van der Waals surface area contributed by atoms with Gasteiger partial charge in [0.05, 0.1) is 6.10 Å². The molecule has 22 heavy (non-hydrogen) atoms. The summed E-state index contributed by atoms with van der Waals surface area (Å²) < 4.78 is 27.3. The van der Waals surface area contributed by atoms with E-state index in [4.69, 9.17) is 23.7 Å². The van der Waals surface area contributed by atoms with Gasteiger partial charge in [0.15, 0.2) is 6.10 Å². The largest absolute Gasteiger partial charge is 0.453 e. The van der Waals surface area contributed by atoms with Crippen molar-refractivity contribution in [1.29, 1.82) is 0 Å². The van der Waals surface area contributed by atoms with Gasteiger partial charge in [0, 0.05) is 27.6 Å². The normalized spacial score (nSPS) is 31.6. The van der Waals surface area contributed by atoms with E-state index in [0.29, 0.717) is 6.61 Å². The Morgan fingerprint density at radius 2 is 1.68 bits per heavy atom. The number of hydrogen-bond acceptors (Lipinski definition) is 7. The Morgan fingerprint density at radius 3 is 2.18 bits per heavy atom. The molecule has 0 N–H and O–H groups in total. The Bertz CT molecular complexity index is 371. The molecule has 0 aromatic carbocycles. The maximum Gasteiger partial charge on any atom is 0.305 e. The molecule has 0 amide bonds. The molecular weight excluding hydrogens is 292 g/mol. The second-order valence-corrected chi connectivity index (χ2v) is 5.28. The molecule has 1 heterocycles. The van der Waals surface area contributed by atoms with E-state index in [2.05, 4.69) is 6.92 Å². The van der Waals surface area contributed by atoms with Crippen molar-refractivity contribution in [1.82, 2.24) is 0 Å². The lowest BCUT2D eigenvalue weighted by atomic mass is 9.99. The molecule has 0 aliphatic carbocycles. The van der Waals surface area contributed by atoms with E-state index in [-0.39, 0.29) is 6.10 Å². The van der Waals surface area contributed by atoms with Crippen LogP contribution in [-0.4, -0.2) is 56.4 Å². The Labute approximate surface area is 131 Å². The summed E-state index contributed by atoms with van der Waals surface area (Å²) in [5.74, 6) is -1.02. The SMILES string of the molecule is CCCCO[C@H]1[C@H](OC)[C@@H](C)OC(OC(C)=O)[C@@H]1OC(C)=O. The second-order valence-electron chi connectivity index (χ2n) is 5.28. The van der Waals surface area contributed by atoms with Crippen LogP contribution < -0.4 is 0 Å². The van der Waals surface area contributed by atoms with Crippen LogP contribution in [0, 0.1) is 0 Å². The van der Waals surface area contributed by atoms with Crippen molar-refractivity contribution in [2.45, 2.75) is 71.2 Å². The topological polar surface area (TPSA) is 80.3 Å². The molecule has 0 bridgehead atoms. The van der Waals surface area contributed by atoms with E-state index in [1.165, 1.54) is 21.0 Å². The van der Waals surface area contributed by atoms with E-state index in [1.54, 1.807) is 6.92 Å². The third-order valence-electron chi connectivity index (χ3n) is 3.39. The van der Waals surface area contributed by atoms with Crippen LogP contribution in [0.15, 0.2) is 0 Å². The highest BCUT2D eigenvalue weighted by molar-refractivity contribution is 5.67. The fourth-order valence-corrected chi connectivity index (χ4v) is 2.43. The molecule has 5 atom stereocenters. The van der Waals surface area contributed by atoms with Gasteiger partial charge in [-0.25, -0.2) is 0 Å². The van der Waals surface area contributed by atoms with E-state index in [1.807, 2.05) is 0 Å². The first kappa shape index (κ1) is 18.9. The molecular formula is C15H26O7. The first-order chi connectivity index (χ1) is 10.4. The van der Waals surface area contributed by atoms with Crippen LogP contribution in [-0.2, 0) is 33.3 Å². The number of carbonyl (C=O) groups is 2. The average molecular weight is 318 g/mol. The first-order valence-electron chi connectivity index (χ1n) is 7.55. The summed E-state index contributed by atoms with van der Waals surface area (Å²) in [5.41, 5.74) is 0. The van der Waals surface area contributed by atoms with Crippen molar-refractivity contribution in [3.8, 4) is 0 Å². The van der Waals surface area contributed by atoms with Crippen LogP contribution in [0.5, 0.6) is 0 Å². The van der Waals surface area contributed by atoms with Gasteiger partial charge < -0.3 is 23.7 Å². The van der Waals surface area contributed by atoms with Crippen LogP contribution >= 0.6 is 0 Å². The van der Waals surface area contributed by atoms with E-state index in [0.717, 1.165) is 12.8 Å². The average Bonchev–Trinajstić information content (AvgIpc) is 2.42. The summed E-state index contributed by atoms with van der Waals surface area (Å²) in [6, 6.07) is 0. The zero-order valence-electron chi connectivity index (χ0n) is 13.9. The van der Waals surface area contributed by atoms with Crippen LogP contribution in [0.2, 0.25) is 0 Å². The second kappa shape index (κ2) is 9.07. The molecule has 1 rings (SSSR count). The summed E-state index contributed by atoms with van der Waals surface area (Å²) >= 11 is 0. The molecule has 128 valence electrons. The lowest BCUT2D eigenvalue weighted by Crippen LogP contribution is -2.60. The summed E-state index contributed by atoms with van der Waals surface area (Å²) in [4.78, 5) is 22.6. The van der Waals surface area contributed by atoms with Crippen molar-refractivity contribution < 1.29 is 33.3 Å². The molecule has 0 spiro atoms. The zero-order valence-corrected chi connectivity index (χ0v) is 13.9. The van der Waals surface area contributed by atoms with Gasteiger partial charge in [-0.15, -0.1) is 0 Å². The Morgan fingerprint density at radius 1 is 1.05 bits per heavy atom. The minimum absolute atomic E-state index is 0.368. The molecule has 1 aliphatic rings. The quantitative estimate of drug-likeness (QED) is 0.519. The van der Waals surface area contributed by atoms with E-state index < -0.39 is 36.5 Å². The number of rotatable bonds is 7. The van der Waals surface area contributed by atoms with E-state index >= 15 is 0 Å². The minimum Gasteiger partial charge on any atom is -0.453 e. The number of methoxy groups -OCH3 is 1. The van der Waals surface area contributed by atoms with Crippen molar-refractivity contribution in [3.05, 3.63) is 0 Å². The smallest absolute Gasteiger partial charge is 0.305 e. The van der Waals surface area contributed by atoms with Crippen molar-refractivity contribution in [2.75, 3.05) is 13.7 Å². The van der Waals surface area contributed by atoms with Gasteiger partial charge in [-0.3, -0.25) is 9.59 Å². The van der Waals surface area contributed by atoms with Gasteiger partial charge in [0.25, 0.3) is 0 Å². The molecule has 1 fully saturated rings. The zero-order chi connectivity index (χ0) is 16.7. The monoisotopic (exact) mass is 318 g/mol. The highest BCUT2D eigenvalue weighted by Gasteiger charge is 2.49. The number of unbranched alkanes of at least 4 members (excludes halogenated alkanes) is 1. The van der Waals surface area contributed by atoms with Gasteiger partial charge in [-0.05, 0) is 13.3 Å². The summed E-state index contributed by atoms with van der Waals surface area (Å²) in [6.45, 7) is 6.90. The number of ether oxygens (including phenoxy) is 5. The Balaban J connectivity index is 2.95. The maximum atomic E-state index is 11.4. The van der Waals surface area contributed by atoms with Crippen LogP contribution in [0.1, 0.15) is 40.5 Å². The molecule has 1 unspecified atom stereocenters. The van der Waals surface area contributed by atoms with Gasteiger partial charge in [0.2, 0.25) is 6.29 Å². The highest BCUT2D eigenvalue weighted by atomic mass is 16.7. The van der Waals surface area contributed by atoms with Crippen LogP contribution in [0.4, 0.5) is 0 Å². The minimum atomic E-state index is -1.01. The van der Waals surface area contributed by atoms with E-state index in [9.17, 15) is 9.59 Å². The lowest BCUT2D eigenvalue weighted by molar-refractivity contribution is -0.298. The molecule has 0 saturated carbocycles. The Kier molecular flexibility index (Phi) is 7.78. The number of hydrogen-bond donors (Lipinski definition) is 0. The predicted octanol–water partition coefficient (Wildman–Crippen LogP) is 1.43. The third kappa shape index (κ3) is 5.23. The summed E-state index contributed by atoms with van der Waals surface area (Å²) in [5, 5.41) is 0. The van der Waals surface area contributed by atoms with Crippen molar-refractivity contribution >= 4 is 11.9 Å². The molecule has 7 nitrogen and oxygen atoms in total. The highest BCUT2D eigenvalue weighted by Crippen LogP contribution is 2.28. The third-order valence-corrected chi connectivity index (χ3v) is 3.39. The van der Waals surface area contributed by atoms with Crippen LogP contribution in [0.3, 0.4) is 0 Å². The number of carbonyl (C=O) groups excluding carboxylic acids is 2. The summed E-state index contributed by atoms with van der Waals surface area (Å²) in [6.07, 6.45) is -1.38. The van der Waals surface area contributed by atoms with Gasteiger partial charge in [-0.1, -0.05) is 13.3 Å². The molecule has 0 aromatic heterocycles. The Hall–Kier alpha value is -1.18. The van der Waals surface area contributed by atoms with Gasteiger partial charge >= 0.3 is 11.9 Å². The van der Waals surface area contributed by atoms with Gasteiger partial charge in [-0.2, -0.15) is 0 Å². The van der Waals surface area contributed by atoms with Gasteiger partial charge in [0.1, 0.15) is 12.2 Å². The molecule has 7 heteroatoms. The predicted molar refractivity (Wildman–Crippen MR) is 77.1 cm³/mol. The fraction of sp³-hybridized carbons (Fsp3) is 0.867.